The van der Waals surface area contributed by atoms with Crippen LogP contribution in [0.15, 0.2) is 42.5 Å². The van der Waals surface area contributed by atoms with Crippen molar-refractivity contribution < 1.29 is 18.8 Å². The van der Waals surface area contributed by atoms with E-state index >= 15 is 0 Å². The SMILES string of the molecule is Nc1nc(C[NH+]2CCN(c3ccccc3F)CC2)nc(Nc2ccc3c(c2)OCCO3)n1. The molecule has 32 heavy (non-hydrogen) atoms. The highest BCUT2D eigenvalue weighted by atomic mass is 19.1. The predicted molar refractivity (Wildman–Crippen MR) is 118 cm³/mol. The van der Waals surface area contributed by atoms with Crippen LogP contribution < -0.4 is 30.3 Å². The van der Waals surface area contributed by atoms with Crippen LogP contribution in [0.25, 0.3) is 0 Å². The van der Waals surface area contributed by atoms with Gasteiger partial charge in [0.15, 0.2) is 17.3 Å². The van der Waals surface area contributed by atoms with Gasteiger partial charge < -0.3 is 30.3 Å². The molecule has 0 unspecified atom stereocenters. The Hall–Kier alpha value is -3.66. The number of hydrogen-bond acceptors (Lipinski definition) is 8. The smallest absolute Gasteiger partial charge is 0.232 e. The molecule has 9 nitrogen and oxygen atoms in total. The summed E-state index contributed by atoms with van der Waals surface area (Å²) in [7, 11) is 0. The summed E-state index contributed by atoms with van der Waals surface area (Å²) in [5, 5.41) is 3.17. The van der Waals surface area contributed by atoms with E-state index in [0.717, 1.165) is 37.6 Å². The van der Waals surface area contributed by atoms with E-state index in [-0.39, 0.29) is 11.8 Å². The summed E-state index contributed by atoms with van der Waals surface area (Å²) in [6.07, 6.45) is 0. The number of nitrogens with one attached hydrogen (secondary N) is 2. The number of rotatable bonds is 5. The second kappa shape index (κ2) is 8.83. The molecule has 3 aromatic rings. The minimum atomic E-state index is -0.184. The van der Waals surface area contributed by atoms with Crippen molar-refractivity contribution in [2.75, 3.05) is 55.3 Å². The van der Waals surface area contributed by atoms with Gasteiger partial charge in [-0.1, -0.05) is 12.1 Å². The molecule has 2 aliphatic rings. The number of aromatic nitrogens is 3. The van der Waals surface area contributed by atoms with Crippen molar-refractivity contribution in [2.24, 2.45) is 0 Å². The fraction of sp³-hybridized carbons (Fsp3) is 0.318. The lowest BCUT2D eigenvalue weighted by Crippen LogP contribution is -3.13. The maximum atomic E-state index is 14.1. The number of para-hydroxylation sites is 1. The van der Waals surface area contributed by atoms with E-state index in [0.29, 0.717) is 43.0 Å². The Bertz CT molecular complexity index is 1110. The molecule has 5 rings (SSSR count). The van der Waals surface area contributed by atoms with Crippen molar-refractivity contribution in [1.82, 2.24) is 15.0 Å². The number of benzene rings is 2. The summed E-state index contributed by atoms with van der Waals surface area (Å²) in [5.74, 6) is 2.38. The monoisotopic (exact) mass is 438 g/mol. The lowest BCUT2D eigenvalue weighted by molar-refractivity contribution is -0.915. The zero-order valence-electron chi connectivity index (χ0n) is 17.6. The maximum absolute atomic E-state index is 14.1. The topological polar surface area (TPSA) is 103 Å². The molecule has 2 aromatic carbocycles. The van der Waals surface area contributed by atoms with Crippen LogP contribution in [0.5, 0.6) is 11.5 Å². The van der Waals surface area contributed by atoms with Crippen molar-refractivity contribution in [2.45, 2.75) is 6.54 Å². The molecular weight excluding hydrogens is 413 g/mol. The number of nitrogen functional groups attached to an aromatic ring is 1. The largest absolute Gasteiger partial charge is 0.486 e. The average molecular weight is 438 g/mol. The summed E-state index contributed by atoms with van der Waals surface area (Å²) in [6, 6.07) is 12.5. The van der Waals surface area contributed by atoms with E-state index in [1.165, 1.54) is 11.0 Å². The van der Waals surface area contributed by atoms with Crippen molar-refractivity contribution >= 4 is 23.3 Å². The summed E-state index contributed by atoms with van der Waals surface area (Å²) in [4.78, 5) is 16.5. The van der Waals surface area contributed by atoms with Crippen LogP contribution in [0.4, 0.5) is 27.7 Å². The van der Waals surface area contributed by atoms with Crippen LogP contribution in [0, 0.1) is 5.82 Å². The number of quaternary nitrogens is 1. The maximum Gasteiger partial charge on any atom is 0.232 e. The Morgan fingerprint density at radius 1 is 1.00 bits per heavy atom. The molecule has 0 spiro atoms. The van der Waals surface area contributed by atoms with E-state index in [1.54, 1.807) is 6.07 Å². The van der Waals surface area contributed by atoms with Crippen molar-refractivity contribution in [3.05, 3.63) is 54.1 Å². The minimum absolute atomic E-state index is 0.166. The molecular formula is C22H25FN7O2+. The van der Waals surface area contributed by atoms with E-state index in [9.17, 15) is 4.39 Å². The number of fused-ring (bicyclic) bond motifs is 1. The standard InChI is InChI=1S/C22H24FN7O2/c23-16-3-1-2-4-17(16)30-9-7-29(8-10-30)14-20-26-21(24)28-22(27-20)25-15-5-6-18-19(13-15)32-12-11-31-18/h1-6,13H,7-12,14H2,(H3,24,25,26,27,28)/p+1. The first-order chi connectivity index (χ1) is 15.6. The molecule has 3 heterocycles. The Morgan fingerprint density at radius 2 is 1.78 bits per heavy atom. The van der Waals surface area contributed by atoms with E-state index < -0.39 is 0 Å². The molecule has 0 amide bonds. The molecule has 0 atom stereocenters. The summed E-state index contributed by atoms with van der Waals surface area (Å²) in [6.45, 7) is 4.91. The highest BCUT2D eigenvalue weighted by molar-refractivity contribution is 5.60. The second-order valence-corrected chi connectivity index (χ2v) is 7.78. The Kier molecular flexibility index (Phi) is 5.59. The molecule has 0 radical (unpaired) electrons. The molecule has 2 aliphatic heterocycles. The normalized spacial score (nSPS) is 16.1. The summed E-state index contributed by atoms with van der Waals surface area (Å²) < 4.78 is 25.2. The fourth-order valence-electron chi connectivity index (χ4n) is 4.00. The Labute approximate surface area is 185 Å². The van der Waals surface area contributed by atoms with Gasteiger partial charge in [0.05, 0.1) is 31.9 Å². The first-order valence-corrected chi connectivity index (χ1v) is 10.6. The lowest BCUT2D eigenvalue weighted by Gasteiger charge is -2.33. The van der Waals surface area contributed by atoms with Gasteiger partial charge in [-0.25, -0.2) is 4.39 Å². The fourth-order valence-corrected chi connectivity index (χ4v) is 4.00. The first-order valence-electron chi connectivity index (χ1n) is 10.6. The third kappa shape index (κ3) is 4.50. The van der Waals surface area contributed by atoms with Crippen LogP contribution in [-0.4, -0.2) is 54.3 Å². The highest BCUT2D eigenvalue weighted by Crippen LogP contribution is 2.33. The van der Waals surface area contributed by atoms with Gasteiger partial charge in [0.2, 0.25) is 11.9 Å². The molecule has 0 bridgehead atoms. The molecule has 1 fully saturated rings. The van der Waals surface area contributed by atoms with Gasteiger partial charge >= 0.3 is 0 Å². The molecule has 0 saturated carbocycles. The zero-order valence-corrected chi connectivity index (χ0v) is 17.6. The number of ether oxygens (including phenoxy) is 2. The average Bonchev–Trinajstić information content (AvgIpc) is 2.80. The van der Waals surface area contributed by atoms with E-state index in [4.69, 9.17) is 15.2 Å². The summed E-state index contributed by atoms with van der Waals surface area (Å²) >= 11 is 0. The Morgan fingerprint density at radius 3 is 2.59 bits per heavy atom. The molecule has 166 valence electrons. The van der Waals surface area contributed by atoms with Crippen molar-refractivity contribution in [3.8, 4) is 11.5 Å². The lowest BCUT2D eigenvalue weighted by atomic mass is 10.2. The second-order valence-electron chi connectivity index (χ2n) is 7.78. The quantitative estimate of drug-likeness (QED) is 0.543. The number of anilines is 4. The van der Waals surface area contributed by atoms with Gasteiger partial charge in [0.1, 0.15) is 25.6 Å². The number of piperazine rings is 1. The van der Waals surface area contributed by atoms with Gasteiger partial charge in [-0.3, -0.25) is 0 Å². The summed E-state index contributed by atoms with van der Waals surface area (Å²) in [5.41, 5.74) is 7.37. The van der Waals surface area contributed by atoms with E-state index in [1.807, 2.05) is 30.3 Å². The van der Waals surface area contributed by atoms with Gasteiger partial charge in [-0.05, 0) is 24.3 Å². The molecule has 4 N–H and O–H groups in total. The predicted octanol–water partition coefficient (Wildman–Crippen LogP) is 1.01. The number of hydrogen-bond donors (Lipinski definition) is 3. The zero-order chi connectivity index (χ0) is 21.9. The van der Waals surface area contributed by atoms with Crippen LogP contribution in [-0.2, 0) is 6.54 Å². The molecule has 10 heteroatoms. The van der Waals surface area contributed by atoms with Crippen LogP contribution in [0.1, 0.15) is 5.82 Å². The number of nitrogens with two attached hydrogens (primary N) is 1. The van der Waals surface area contributed by atoms with Crippen LogP contribution in [0.2, 0.25) is 0 Å². The molecule has 1 saturated heterocycles. The van der Waals surface area contributed by atoms with Crippen molar-refractivity contribution in [1.29, 1.82) is 0 Å². The van der Waals surface area contributed by atoms with Gasteiger partial charge in [0, 0.05) is 11.8 Å². The highest BCUT2D eigenvalue weighted by Gasteiger charge is 2.23. The Balaban J connectivity index is 1.23. The number of halogens is 1. The van der Waals surface area contributed by atoms with Gasteiger partial charge in [-0.15, -0.1) is 0 Å². The first kappa shape index (κ1) is 20.3. The van der Waals surface area contributed by atoms with Crippen molar-refractivity contribution in [3.63, 3.8) is 0 Å². The molecule has 0 aliphatic carbocycles. The van der Waals surface area contributed by atoms with Crippen LogP contribution in [0.3, 0.4) is 0 Å². The number of nitrogens with zero attached hydrogens (tertiary/aromatic N) is 4. The minimum Gasteiger partial charge on any atom is -0.486 e. The third-order valence-electron chi connectivity index (χ3n) is 5.57. The van der Waals surface area contributed by atoms with Gasteiger partial charge in [0.25, 0.3) is 0 Å². The third-order valence-corrected chi connectivity index (χ3v) is 5.57. The van der Waals surface area contributed by atoms with Gasteiger partial charge in [-0.2, -0.15) is 15.0 Å². The molecule has 1 aromatic heterocycles. The van der Waals surface area contributed by atoms with Crippen LogP contribution >= 0.6 is 0 Å². The van der Waals surface area contributed by atoms with E-state index in [2.05, 4.69) is 25.2 Å².